The van der Waals surface area contributed by atoms with Gasteiger partial charge in [-0.05, 0) is 41.0 Å². The maximum Gasteiger partial charge on any atom is 0.329 e. The topological polar surface area (TPSA) is 55.8 Å². The quantitative estimate of drug-likeness (QED) is 0.741. The summed E-state index contributed by atoms with van der Waals surface area (Å²) in [6, 6.07) is 0. The molecule has 0 aromatic heterocycles. The Morgan fingerprint density at radius 3 is 2.07 bits per heavy atom. The zero-order chi connectivity index (χ0) is 12.1. The number of carbonyl (C=O) groups is 1. The predicted molar refractivity (Wildman–Crippen MR) is 58.0 cm³/mol. The first kappa shape index (κ1) is 14.4. The van der Waals surface area contributed by atoms with Crippen LogP contribution >= 0.6 is 0 Å². The van der Waals surface area contributed by atoms with Crippen molar-refractivity contribution in [2.75, 3.05) is 13.2 Å². The lowest BCUT2D eigenvalue weighted by atomic mass is 10.1. The van der Waals surface area contributed by atoms with Crippen molar-refractivity contribution < 1.29 is 19.4 Å². The molecule has 4 nitrogen and oxygen atoms in total. The van der Waals surface area contributed by atoms with Gasteiger partial charge in [-0.1, -0.05) is 0 Å². The van der Waals surface area contributed by atoms with Crippen molar-refractivity contribution in [2.24, 2.45) is 0 Å². The Kier molecular flexibility index (Phi) is 5.24. The molecule has 0 fully saturated rings. The van der Waals surface area contributed by atoms with Crippen molar-refractivity contribution in [1.82, 2.24) is 0 Å². The number of carboxylic acid groups (broad SMARTS) is 1. The monoisotopic (exact) mass is 218 g/mol. The van der Waals surface area contributed by atoms with Crippen LogP contribution in [0, 0.1) is 0 Å². The second-order valence-electron chi connectivity index (χ2n) is 5.15. The summed E-state index contributed by atoms with van der Waals surface area (Å²) in [6.45, 7) is 9.98. The Morgan fingerprint density at radius 1 is 1.13 bits per heavy atom. The molecule has 0 atom stereocenters. The Balaban J connectivity index is 3.78. The number of carboxylic acids is 1. The van der Waals surface area contributed by atoms with Crippen molar-refractivity contribution in [3.05, 3.63) is 0 Å². The lowest BCUT2D eigenvalue weighted by Crippen LogP contribution is -2.31. The van der Waals surface area contributed by atoms with E-state index in [0.29, 0.717) is 13.0 Å². The summed E-state index contributed by atoms with van der Waals surface area (Å²) in [4.78, 5) is 10.3. The summed E-state index contributed by atoms with van der Waals surface area (Å²) in [6.07, 6.45) is 0.678. The molecular weight excluding hydrogens is 196 g/mol. The van der Waals surface area contributed by atoms with Gasteiger partial charge < -0.3 is 14.6 Å². The minimum absolute atomic E-state index is 0.164. The number of ether oxygens (including phenoxy) is 2. The molecule has 0 heterocycles. The number of rotatable bonds is 6. The third kappa shape index (κ3) is 9.69. The standard InChI is InChI=1S/C11H22O4/c1-10(2,3)14-7-6-11(4,5)15-8-9(12)13/h6-8H2,1-5H3,(H,12,13). The van der Waals surface area contributed by atoms with E-state index in [0.717, 1.165) is 0 Å². The van der Waals surface area contributed by atoms with E-state index in [4.69, 9.17) is 14.6 Å². The molecule has 0 aromatic carbocycles. The van der Waals surface area contributed by atoms with E-state index in [1.807, 2.05) is 34.6 Å². The van der Waals surface area contributed by atoms with Crippen LogP contribution in [0.2, 0.25) is 0 Å². The molecule has 4 heteroatoms. The number of hydrogen-bond acceptors (Lipinski definition) is 3. The first-order valence-corrected chi connectivity index (χ1v) is 5.12. The van der Waals surface area contributed by atoms with Crippen LogP contribution < -0.4 is 0 Å². The van der Waals surface area contributed by atoms with E-state index >= 15 is 0 Å². The minimum atomic E-state index is -0.945. The normalized spacial score (nSPS) is 12.9. The van der Waals surface area contributed by atoms with Gasteiger partial charge in [-0.25, -0.2) is 4.79 Å². The predicted octanol–water partition coefficient (Wildman–Crippen LogP) is 2.07. The van der Waals surface area contributed by atoms with Crippen molar-refractivity contribution in [1.29, 1.82) is 0 Å². The molecule has 0 bridgehead atoms. The smallest absolute Gasteiger partial charge is 0.329 e. The molecule has 0 aliphatic carbocycles. The zero-order valence-corrected chi connectivity index (χ0v) is 10.3. The highest BCUT2D eigenvalue weighted by Crippen LogP contribution is 2.16. The SMILES string of the molecule is CC(C)(C)OCCC(C)(C)OCC(=O)O. The first-order chi connectivity index (χ1) is 6.62. The van der Waals surface area contributed by atoms with E-state index in [-0.39, 0.29) is 12.2 Å². The summed E-state index contributed by atoms with van der Waals surface area (Å²) in [5.74, 6) is -0.945. The molecule has 0 amide bonds. The fraction of sp³-hybridized carbons (Fsp3) is 0.909. The molecule has 0 radical (unpaired) electrons. The van der Waals surface area contributed by atoms with Crippen LogP contribution in [-0.4, -0.2) is 35.5 Å². The van der Waals surface area contributed by atoms with Gasteiger partial charge in [-0.2, -0.15) is 0 Å². The molecule has 0 unspecified atom stereocenters. The number of aliphatic carboxylic acids is 1. The highest BCUT2D eigenvalue weighted by Gasteiger charge is 2.21. The molecule has 0 rings (SSSR count). The second-order valence-corrected chi connectivity index (χ2v) is 5.15. The van der Waals surface area contributed by atoms with Crippen molar-refractivity contribution >= 4 is 5.97 Å². The first-order valence-electron chi connectivity index (χ1n) is 5.12. The van der Waals surface area contributed by atoms with Crippen LogP contribution in [0.25, 0.3) is 0 Å². The van der Waals surface area contributed by atoms with Gasteiger partial charge in [0.15, 0.2) is 0 Å². The summed E-state index contributed by atoms with van der Waals surface area (Å²) in [5.41, 5.74) is -0.619. The summed E-state index contributed by atoms with van der Waals surface area (Å²) >= 11 is 0. The van der Waals surface area contributed by atoms with E-state index in [2.05, 4.69) is 0 Å². The van der Waals surface area contributed by atoms with Crippen LogP contribution in [0.5, 0.6) is 0 Å². The summed E-state index contributed by atoms with van der Waals surface area (Å²) < 4.78 is 10.8. The largest absolute Gasteiger partial charge is 0.480 e. The summed E-state index contributed by atoms with van der Waals surface area (Å²) in [7, 11) is 0. The van der Waals surface area contributed by atoms with Gasteiger partial charge in [0.2, 0.25) is 0 Å². The Bertz CT molecular complexity index is 203. The third-order valence-corrected chi connectivity index (χ3v) is 1.83. The third-order valence-electron chi connectivity index (χ3n) is 1.83. The average molecular weight is 218 g/mol. The van der Waals surface area contributed by atoms with Crippen LogP contribution in [0.15, 0.2) is 0 Å². The lowest BCUT2D eigenvalue weighted by molar-refractivity contribution is -0.149. The van der Waals surface area contributed by atoms with Crippen molar-refractivity contribution in [3.8, 4) is 0 Å². The van der Waals surface area contributed by atoms with Gasteiger partial charge >= 0.3 is 5.97 Å². The maximum atomic E-state index is 10.3. The molecule has 0 saturated carbocycles. The van der Waals surface area contributed by atoms with Gasteiger partial charge in [0, 0.05) is 6.61 Å². The Labute approximate surface area is 91.6 Å². The van der Waals surface area contributed by atoms with E-state index < -0.39 is 11.6 Å². The molecule has 0 aliphatic heterocycles. The van der Waals surface area contributed by atoms with E-state index in [9.17, 15) is 4.79 Å². The molecule has 0 aliphatic rings. The Morgan fingerprint density at radius 2 is 1.67 bits per heavy atom. The van der Waals surface area contributed by atoms with Crippen molar-refractivity contribution in [3.63, 3.8) is 0 Å². The molecule has 0 saturated heterocycles. The molecule has 15 heavy (non-hydrogen) atoms. The van der Waals surface area contributed by atoms with Crippen molar-refractivity contribution in [2.45, 2.75) is 52.2 Å². The highest BCUT2D eigenvalue weighted by atomic mass is 16.5. The summed E-state index contributed by atoms with van der Waals surface area (Å²) in [5, 5.41) is 8.48. The molecule has 0 spiro atoms. The van der Waals surface area contributed by atoms with E-state index in [1.165, 1.54) is 0 Å². The van der Waals surface area contributed by atoms with Crippen LogP contribution in [-0.2, 0) is 14.3 Å². The van der Waals surface area contributed by atoms with Gasteiger partial charge in [0.05, 0.1) is 11.2 Å². The lowest BCUT2D eigenvalue weighted by Gasteiger charge is -2.27. The van der Waals surface area contributed by atoms with Crippen LogP contribution in [0.1, 0.15) is 41.0 Å². The highest BCUT2D eigenvalue weighted by molar-refractivity contribution is 5.68. The number of hydrogen-bond donors (Lipinski definition) is 1. The zero-order valence-electron chi connectivity index (χ0n) is 10.3. The van der Waals surface area contributed by atoms with Gasteiger partial charge in [-0.15, -0.1) is 0 Å². The fourth-order valence-electron chi connectivity index (χ4n) is 0.932. The second kappa shape index (κ2) is 5.47. The van der Waals surface area contributed by atoms with Gasteiger partial charge in [0.1, 0.15) is 6.61 Å². The van der Waals surface area contributed by atoms with Crippen LogP contribution in [0.3, 0.4) is 0 Å². The molecule has 1 N–H and O–H groups in total. The van der Waals surface area contributed by atoms with E-state index in [1.54, 1.807) is 0 Å². The maximum absolute atomic E-state index is 10.3. The van der Waals surface area contributed by atoms with Crippen LogP contribution in [0.4, 0.5) is 0 Å². The Hall–Kier alpha value is -0.610. The molecular formula is C11H22O4. The molecule has 0 aromatic rings. The fourth-order valence-corrected chi connectivity index (χ4v) is 0.932. The average Bonchev–Trinajstić information content (AvgIpc) is 1.98. The minimum Gasteiger partial charge on any atom is -0.480 e. The van der Waals surface area contributed by atoms with Gasteiger partial charge in [-0.3, -0.25) is 0 Å². The van der Waals surface area contributed by atoms with Gasteiger partial charge in [0.25, 0.3) is 0 Å². The molecule has 90 valence electrons.